The van der Waals surface area contributed by atoms with Crippen molar-refractivity contribution in [1.29, 1.82) is 0 Å². The molecule has 0 bridgehead atoms. The van der Waals surface area contributed by atoms with Crippen LogP contribution in [-0.2, 0) is 20.4 Å². The molecule has 2 aliphatic carbocycles. The van der Waals surface area contributed by atoms with E-state index in [-0.39, 0.29) is 91.4 Å². The van der Waals surface area contributed by atoms with E-state index in [1.807, 2.05) is 0 Å². The second-order valence-electron chi connectivity index (χ2n) is 27.1. The van der Waals surface area contributed by atoms with Crippen molar-refractivity contribution in [1.82, 2.24) is 9.80 Å². The summed E-state index contributed by atoms with van der Waals surface area (Å²) in [5.41, 5.74) is 1.33. The number of rotatable bonds is 6. The topological polar surface area (TPSA) is 32.8 Å². The first-order valence-electron chi connectivity index (χ1n) is 27.5. The fraction of sp³-hybridized carbons (Fsp3) is 0.594. The third-order valence-electron chi connectivity index (χ3n) is 13.5. The van der Waals surface area contributed by atoms with Gasteiger partial charge in [-0.25, -0.2) is 26.3 Å². The number of hydrogen-bond donors (Lipinski definition) is 0. The van der Waals surface area contributed by atoms with Crippen LogP contribution in [0.4, 0.5) is 31.1 Å². The molecule has 0 aliphatic heterocycles. The second kappa shape index (κ2) is 29.3. The van der Waals surface area contributed by atoms with Gasteiger partial charge in [0.05, 0.1) is 4.90 Å². The van der Waals surface area contributed by atoms with Gasteiger partial charge in [-0.05, 0) is 116 Å². The van der Waals surface area contributed by atoms with Crippen molar-refractivity contribution in [2.24, 2.45) is 0 Å². The van der Waals surface area contributed by atoms with Crippen molar-refractivity contribution in [2.45, 2.75) is 224 Å². The summed E-state index contributed by atoms with van der Waals surface area (Å²) in [5, 5.41) is 2.38. The fourth-order valence-electron chi connectivity index (χ4n) is 12.7. The van der Waals surface area contributed by atoms with Gasteiger partial charge in [0.1, 0.15) is 5.82 Å². The second-order valence-corrected chi connectivity index (χ2v) is 37.8. The first-order valence-corrected chi connectivity index (χ1v) is 31.4. The first kappa shape index (κ1) is 72.6. The minimum absolute atomic E-state index is 0. The number of thiocarbonyl (C=S) groups is 1. The van der Waals surface area contributed by atoms with Gasteiger partial charge in [0.25, 0.3) is 10.4 Å². The van der Waals surface area contributed by atoms with E-state index in [1.54, 1.807) is 52.5 Å². The maximum atomic E-state index is 15.3. The maximum absolute atomic E-state index is 15.3. The smallest absolute Gasteiger partial charge is 0.286 e. The molecule has 4 aromatic rings. The van der Waals surface area contributed by atoms with Crippen LogP contribution in [0.25, 0.3) is 22.3 Å². The Hall–Kier alpha value is -2.51. The van der Waals surface area contributed by atoms with Crippen molar-refractivity contribution in [3.8, 4) is 28.0 Å². The van der Waals surface area contributed by atoms with Crippen molar-refractivity contribution < 1.29 is 56.3 Å². The van der Waals surface area contributed by atoms with Crippen LogP contribution < -0.4 is 4.74 Å². The number of nitrogens with zero attached hydrogens (tertiary/aromatic N) is 2. The Balaban J connectivity index is 0.000000379. The minimum atomic E-state index is -1.04. The standard InChI is InChI=1S/2C20H20F3NOS.2C12H27P.Pd/c1-24(2)20(25)26-19-15(14-8-5-9-16(21)17(14)22)11-10-13(18(19)23)12-6-3-4-7-12;1-24(2)20(26)25-19-15(14-8-5-9-16(21)17(14)22)11-10-13(18(19)23)12-6-3-4-7-12;2*1-10(2,3)13(11(4,5)6)12(7,8)9;/h2*5,8-12H,3-4,6-7H2,1-2H3;2*1-9H3;. The van der Waals surface area contributed by atoms with Gasteiger partial charge in [-0.2, -0.15) is 0 Å². The number of ether oxygens (including phenoxy) is 1. The molecule has 2 aliphatic rings. The number of thioether (sulfide) groups is 1. The maximum Gasteiger partial charge on any atom is 0.286 e. The Morgan fingerprint density at radius 3 is 1.13 bits per heavy atom. The molecule has 0 unspecified atom stereocenters. The summed E-state index contributed by atoms with van der Waals surface area (Å²) >= 11 is 5.85. The molecule has 0 spiro atoms. The predicted octanol–water partition coefficient (Wildman–Crippen LogP) is 21.6. The molecule has 79 heavy (non-hydrogen) atoms. The monoisotopic (exact) mass is 1270 g/mol. The first-order chi connectivity index (χ1) is 35.5. The van der Waals surface area contributed by atoms with Crippen LogP contribution in [0.2, 0.25) is 0 Å². The van der Waals surface area contributed by atoms with E-state index >= 15 is 8.78 Å². The molecule has 2 saturated carbocycles. The van der Waals surface area contributed by atoms with E-state index in [4.69, 9.17) is 17.0 Å². The summed E-state index contributed by atoms with van der Waals surface area (Å²) < 4.78 is 92.1. The number of carbonyl (C=O) groups is 1. The van der Waals surface area contributed by atoms with Crippen LogP contribution in [0, 0.1) is 34.9 Å². The van der Waals surface area contributed by atoms with Gasteiger partial charge < -0.3 is 14.5 Å². The van der Waals surface area contributed by atoms with Crippen LogP contribution >= 0.6 is 39.8 Å². The van der Waals surface area contributed by atoms with Crippen LogP contribution in [0.3, 0.4) is 0 Å². The average Bonchev–Trinajstić information content (AvgIpc) is 4.01. The summed E-state index contributed by atoms with van der Waals surface area (Å²) in [6, 6.07) is 14.1. The van der Waals surface area contributed by atoms with Crippen LogP contribution in [0.15, 0.2) is 65.6 Å². The van der Waals surface area contributed by atoms with Crippen LogP contribution in [0.1, 0.15) is 199 Å². The number of halogens is 6. The zero-order chi connectivity index (χ0) is 59.8. The zero-order valence-electron chi connectivity index (χ0n) is 51.6. The molecule has 4 aromatic carbocycles. The Morgan fingerprint density at radius 2 is 0.810 bits per heavy atom. The van der Waals surface area contributed by atoms with E-state index in [2.05, 4.69) is 125 Å². The Labute approximate surface area is 499 Å². The van der Waals surface area contributed by atoms with Gasteiger partial charge in [-0.15, -0.1) is 0 Å². The Kier molecular flexibility index (Phi) is 27.0. The molecule has 0 N–H and O–H groups in total. The summed E-state index contributed by atoms with van der Waals surface area (Å²) in [7, 11) is 6.50. The van der Waals surface area contributed by atoms with Gasteiger partial charge in [-0.1, -0.05) is 215 Å². The predicted molar refractivity (Wildman–Crippen MR) is 330 cm³/mol. The van der Waals surface area contributed by atoms with Crippen molar-refractivity contribution in [2.75, 3.05) is 28.2 Å². The number of benzene rings is 4. The van der Waals surface area contributed by atoms with E-state index in [0.29, 0.717) is 53.8 Å². The SMILES string of the molecule is CC(C)(C)P(C(C)(C)C)C(C)(C)C.CC(C)(C)P(C(C)(C)C)C(C)(C)C.CN(C)C(=O)Sc1c(-c2cccc(F)c2F)ccc(C2CCCC2)c1F.CN(C)C(=S)Oc1c(-c2cccc(F)c2F)ccc(C2CCCC2)c1F.[Pd]. The Morgan fingerprint density at radius 1 is 0.481 bits per heavy atom. The van der Waals surface area contributed by atoms with Gasteiger partial charge in [0, 0.05) is 70.9 Å². The van der Waals surface area contributed by atoms with Gasteiger partial charge in [0.2, 0.25) is 0 Å². The fourth-order valence-corrected chi connectivity index (χ4v) is 25.7. The van der Waals surface area contributed by atoms with Crippen LogP contribution in [0.5, 0.6) is 5.75 Å². The number of carbonyl (C=O) groups excluding carboxylic acids is 1. The van der Waals surface area contributed by atoms with E-state index in [9.17, 15) is 22.4 Å². The molecule has 0 heterocycles. The molecular formula is C64H94F6N2O2P2PdS2. The van der Waals surface area contributed by atoms with Crippen molar-refractivity contribution >= 4 is 50.2 Å². The largest absolute Gasteiger partial charge is 0.428 e. The number of hydrogen-bond acceptors (Lipinski definition) is 4. The molecule has 446 valence electrons. The van der Waals surface area contributed by atoms with Crippen molar-refractivity contribution in [3.05, 3.63) is 107 Å². The Bertz CT molecular complexity index is 2400. The summed E-state index contributed by atoms with van der Waals surface area (Å²) in [4.78, 5) is 15.1. The minimum Gasteiger partial charge on any atom is -0.428 e. The summed E-state index contributed by atoms with van der Waals surface area (Å²) in [5.74, 6) is -5.08. The zero-order valence-corrected chi connectivity index (χ0v) is 56.6. The van der Waals surface area contributed by atoms with E-state index in [1.165, 1.54) is 34.1 Å². The molecule has 15 heteroatoms. The van der Waals surface area contributed by atoms with Crippen molar-refractivity contribution in [3.63, 3.8) is 0 Å². The van der Waals surface area contributed by atoms with Gasteiger partial charge in [-0.3, -0.25) is 4.79 Å². The van der Waals surface area contributed by atoms with E-state index in [0.717, 1.165) is 63.5 Å². The van der Waals surface area contributed by atoms with Crippen LogP contribution in [-0.4, -0.2) is 79.3 Å². The summed E-state index contributed by atoms with van der Waals surface area (Å²) in [6.07, 6.45) is 7.80. The normalized spacial score (nSPS) is 14.6. The molecule has 6 rings (SSSR count). The molecule has 0 saturated heterocycles. The molecule has 0 aromatic heterocycles. The molecule has 4 nitrogen and oxygen atoms in total. The molecule has 0 atom stereocenters. The van der Waals surface area contributed by atoms with E-state index < -0.39 is 34.9 Å². The third kappa shape index (κ3) is 20.4. The average molecular weight is 1270 g/mol. The third-order valence-corrected chi connectivity index (χ3v) is 23.1. The number of amides is 1. The molecule has 0 radical (unpaired) electrons. The quantitative estimate of drug-likeness (QED) is 0.0632. The molecule has 1 amide bonds. The summed E-state index contributed by atoms with van der Waals surface area (Å²) in [6.45, 7) is 42.9. The molecular weight excluding hydrogens is 1180 g/mol. The van der Waals surface area contributed by atoms with Gasteiger partial charge in [0.15, 0.2) is 34.8 Å². The molecule has 2 fully saturated rings. The van der Waals surface area contributed by atoms with Gasteiger partial charge >= 0.3 is 0 Å².